The molecule has 0 amide bonds. The minimum atomic E-state index is -4.08. The van der Waals surface area contributed by atoms with Crippen LogP contribution in [0.2, 0.25) is 0 Å². The Balaban J connectivity index is 1.71. The Morgan fingerprint density at radius 3 is 2.27 bits per heavy atom. The molecule has 0 radical (unpaired) electrons. The number of hydrogen-bond acceptors (Lipinski definition) is 5. The molecule has 1 aliphatic carbocycles. The van der Waals surface area contributed by atoms with Gasteiger partial charge in [-0.2, -0.15) is 0 Å². The minimum Gasteiger partial charge on any atom is -0.369 e. The second-order valence-corrected chi connectivity index (χ2v) is 8.20. The Morgan fingerprint density at radius 2 is 1.65 bits per heavy atom. The average molecular weight is 373 g/mol. The Kier molecular flexibility index (Phi) is 5.49. The molecule has 2 aromatic carbocycles. The number of nitrogens with zero attached hydrogens (tertiary/aromatic N) is 1. The minimum absolute atomic E-state index is 0.0382. The van der Waals surface area contributed by atoms with Gasteiger partial charge in [-0.05, 0) is 24.1 Å². The van der Waals surface area contributed by atoms with E-state index in [-0.39, 0.29) is 17.4 Å². The Labute approximate surface area is 152 Å². The van der Waals surface area contributed by atoms with Crippen LogP contribution in [0.3, 0.4) is 0 Å². The molecule has 3 rings (SSSR count). The first-order chi connectivity index (χ1) is 12.5. The van der Waals surface area contributed by atoms with Crippen molar-refractivity contribution in [3.8, 4) is 0 Å². The molecule has 7 heteroatoms. The van der Waals surface area contributed by atoms with Crippen molar-refractivity contribution in [1.82, 2.24) is 0 Å². The average Bonchev–Trinajstić information content (AvgIpc) is 3.09. The third kappa shape index (κ3) is 4.00. The highest BCUT2D eigenvalue weighted by atomic mass is 32.2. The molecule has 0 saturated carbocycles. The molecule has 1 aliphatic rings. The molecule has 6 nitrogen and oxygen atoms in total. The van der Waals surface area contributed by atoms with E-state index < -0.39 is 26.1 Å². The summed E-state index contributed by atoms with van der Waals surface area (Å²) < 4.78 is 31.2. The highest BCUT2D eigenvalue weighted by Gasteiger charge is 2.45. The van der Waals surface area contributed by atoms with Crippen molar-refractivity contribution in [2.24, 2.45) is 5.92 Å². The van der Waals surface area contributed by atoms with E-state index in [9.17, 15) is 18.5 Å². The van der Waals surface area contributed by atoms with E-state index in [1.807, 2.05) is 30.3 Å². The Morgan fingerprint density at radius 1 is 1.04 bits per heavy atom. The van der Waals surface area contributed by atoms with Gasteiger partial charge in [0.2, 0.25) is 9.84 Å². The molecular weight excluding hydrogens is 354 g/mol. The normalized spacial score (nSPS) is 20.8. The highest BCUT2D eigenvalue weighted by molar-refractivity contribution is 7.91. The van der Waals surface area contributed by atoms with Crippen LogP contribution in [-0.4, -0.2) is 24.8 Å². The molecule has 0 aromatic heterocycles. The van der Waals surface area contributed by atoms with E-state index in [1.54, 1.807) is 30.4 Å². The van der Waals surface area contributed by atoms with Crippen LogP contribution < -0.4 is 0 Å². The molecular formula is C19H19NO5S. The largest absolute Gasteiger partial charge is 0.369 e. The lowest BCUT2D eigenvalue weighted by atomic mass is 10.1. The summed E-state index contributed by atoms with van der Waals surface area (Å²) in [4.78, 5) is 10.8. The van der Waals surface area contributed by atoms with Gasteiger partial charge in [-0.25, -0.2) is 8.42 Å². The van der Waals surface area contributed by atoms with E-state index in [4.69, 9.17) is 4.74 Å². The maximum atomic E-state index is 12.7. The monoisotopic (exact) mass is 373 g/mol. The van der Waals surface area contributed by atoms with Gasteiger partial charge in [-0.15, -0.1) is 0 Å². The molecule has 0 aliphatic heterocycles. The van der Waals surface area contributed by atoms with Gasteiger partial charge in [0, 0.05) is 4.92 Å². The molecule has 0 heterocycles. The lowest BCUT2D eigenvalue weighted by molar-refractivity contribution is -0.504. The van der Waals surface area contributed by atoms with Crippen LogP contribution in [0.15, 0.2) is 77.7 Å². The summed E-state index contributed by atoms with van der Waals surface area (Å²) in [7, 11) is -4.08. The smallest absolute Gasteiger partial charge is 0.320 e. The van der Waals surface area contributed by atoms with Crippen LogP contribution in [0, 0.1) is 16.0 Å². The Hall–Kier alpha value is -2.51. The number of hydrogen-bond donors (Lipinski definition) is 0. The summed E-state index contributed by atoms with van der Waals surface area (Å²) in [6.07, 6.45) is 3.23. The maximum absolute atomic E-state index is 12.7. The third-order valence-electron chi connectivity index (χ3n) is 4.35. The van der Waals surface area contributed by atoms with E-state index in [0.29, 0.717) is 6.61 Å². The number of nitro groups is 1. The van der Waals surface area contributed by atoms with Crippen LogP contribution in [0.4, 0.5) is 0 Å². The van der Waals surface area contributed by atoms with Gasteiger partial charge in [-0.3, -0.25) is 10.1 Å². The van der Waals surface area contributed by atoms with Crippen LogP contribution in [0.5, 0.6) is 0 Å². The molecule has 0 N–H and O–H groups in total. The van der Waals surface area contributed by atoms with E-state index in [1.165, 1.54) is 12.1 Å². The summed E-state index contributed by atoms with van der Waals surface area (Å²) in [6, 6.07) is 17.1. The third-order valence-corrected chi connectivity index (χ3v) is 6.43. The van der Waals surface area contributed by atoms with Gasteiger partial charge in [0.1, 0.15) is 0 Å². The van der Waals surface area contributed by atoms with Gasteiger partial charge >= 0.3 is 5.37 Å². The van der Waals surface area contributed by atoms with Crippen molar-refractivity contribution in [3.63, 3.8) is 0 Å². The highest BCUT2D eigenvalue weighted by Crippen LogP contribution is 2.31. The number of rotatable bonds is 7. The molecule has 0 fully saturated rings. The van der Waals surface area contributed by atoms with Crippen molar-refractivity contribution >= 4 is 9.84 Å². The molecule has 0 unspecified atom stereocenters. The van der Waals surface area contributed by atoms with E-state index in [0.717, 1.165) is 5.56 Å². The number of ether oxygens (including phenoxy) is 1. The van der Waals surface area contributed by atoms with Crippen molar-refractivity contribution in [2.75, 3.05) is 0 Å². The first kappa shape index (κ1) is 18.3. The summed E-state index contributed by atoms with van der Waals surface area (Å²) in [5, 5.41) is 9.83. The molecule has 3 atom stereocenters. The fraction of sp³-hybridized carbons (Fsp3) is 0.263. The topological polar surface area (TPSA) is 86.5 Å². The molecule has 136 valence electrons. The summed E-state index contributed by atoms with van der Waals surface area (Å²) in [6.45, 7) is 0.372. The standard InChI is InChI=1S/C19H19NO5S/c21-20(22)19(26(23,24)18-9-5-2-6-10-18)16-11-12-17(13-16)25-14-15-7-3-1-4-8-15/h1-12,16-17,19H,13-14H2/t16-,17+,19-/m1/s1. The molecule has 0 bridgehead atoms. The second kappa shape index (κ2) is 7.80. The van der Waals surface area contributed by atoms with Crippen molar-refractivity contribution in [1.29, 1.82) is 0 Å². The second-order valence-electron chi connectivity index (χ2n) is 6.15. The first-order valence-electron chi connectivity index (χ1n) is 8.25. The zero-order chi connectivity index (χ0) is 18.6. The van der Waals surface area contributed by atoms with E-state index in [2.05, 4.69) is 0 Å². The SMILES string of the molecule is O=[N+]([O-])[C@@H]([C@@H]1C=C[C@H](OCc2ccccc2)C1)S(=O)(=O)c1ccccc1. The Bertz CT molecular complexity index is 881. The maximum Gasteiger partial charge on any atom is 0.320 e. The quantitative estimate of drug-likeness (QED) is 0.422. The lowest BCUT2D eigenvalue weighted by Gasteiger charge is -2.17. The van der Waals surface area contributed by atoms with Gasteiger partial charge in [0.15, 0.2) is 0 Å². The van der Waals surface area contributed by atoms with Crippen LogP contribution >= 0.6 is 0 Å². The molecule has 2 aromatic rings. The first-order valence-corrected chi connectivity index (χ1v) is 9.79. The predicted molar refractivity (Wildman–Crippen MR) is 96.7 cm³/mol. The summed E-state index contributed by atoms with van der Waals surface area (Å²) in [5.74, 6) is -0.726. The van der Waals surface area contributed by atoms with Gasteiger partial charge in [0.05, 0.1) is 23.5 Å². The van der Waals surface area contributed by atoms with Crippen LogP contribution in [0.25, 0.3) is 0 Å². The molecule has 0 spiro atoms. The fourth-order valence-electron chi connectivity index (χ4n) is 3.05. The summed E-state index contributed by atoms with van der Waals surface area (Å²) >= 11 is 0. The van der Waals surface area contributed by atoms with Crippen LogP contribution in [0.1, 0.15) is 12.0 Å². The zero-order valence-electron chi connectivity index (χ0n) is 14.0. The lowest BCUT2D eigenvalue weighted by Crippen LogP contribution is -2.36. The van der Waals surface area contributed by atoms with Crippen LogP contribution in [-0.2, 0) is 21.2 Å². The molecule has 0 saturated heterocycles. The van der Waals surface area contributed by atoms with Crippen molar-refractivity contribution < 1.29 is 18.1 Å². The molecule has 26 heavy (non-hydrogen) atoms. The fourth-order valence-corrected chi connectivity index (χ4v) is 4.76. The zero-order valence-corrected chi connectivity index (χ0v) is 14.8. The van der Waals surface area contributed by atoms with E-state index >= 15 is 0 Å². The number of benzene rings is 2. The predicted octanol–water partition coefficient (Wildman–Crippen LogP) is 3.22. The van der Waals surface area contributed by atoms with Gasteiger partial charge in [-0.1, -0.05) is 60.7 Å². The number of sulfone groups is 1. The van der Waals surface area contributed by atoms with Crippen molar-refractivity contribution in [3.05, 3.63) is 88.5 Å². The summed E-state index contributed by atoms with van der Waals surface area (Å²) in [5.41, 5.74) is 0.993. The van der Waals surface area contributed by atoms with Gasteiger partial charge < -0.3 is 4.74 Å². The van der Waals surface area contributed by atoms with Crippen molar-refractivity contribution in [2.45, 2.75) is 29.4 Å². The van der Waals surface area contributed by atoms with Gasteiger partial charge in [0.25, 0.3) is 0 Å².